The number of carbonyl (C=O) groups excluding carboxylic acids is 1. The van der Waals surface area contributed by atoms with Crippen molar-refractivity contribution < 1.29 is 4.79 Å². The summed E-state index contributed by atoms with van der Waals surface area (Å²) >= 11 is 1.58. The van der Waals surface area contributed by atoms with E-state index in [1.54, 1.807) is 17.4 Å². The van der Waals surface area contributed by atoms with Crippen molar-refractivity contribution in [3.63, 3.8) is 0 Å². The number of benzene rings is 2. The van der Waals surface area contributed by atoms with E-state index in [-0.39, 0.29) is 5.91 Å². The highest BCUT2D eigenvalue weighted by Gasteiger charge is 2.12. The molecule has 2 N–H and O–H groups in total. The minimum Gasteiger partial charge on any atom is -0.272 e. The van der Waals surface area contributed by atoms with Crippen LogP contribution in [0.1, 0.15) is 22.3 Å². The number of thiophene rings is 1. The van der Waals surface area contributed by atoms with Crippen molar-refractivity contribution in [1.29, 1.82) is 0 Å². The highest BCUT2D eigenvalue weighted by Crippen LogP contribution is 2.27. The van der Waals surface area contributed by atoms with Crippen LogP contribution in [0.3, 0.4) is 0 Å². The molecule has 2 aromatic carbocycles. The number of aromatic amines is 1. The maximum absolute atomic E-state index is 12.3. The van der Waals surface area contributed by atoms with E-state index in [0.29, 0.717) is 5.69 Å². The van der Waals surface area contributed by atoms with Crippen LogP contribution >= 0.6 is 11.3 Å². The van der Waals surface area contributed by atoms with Gasteiger partial charge >= 0.3 is 0 Å². The molecule has 0 bridgehead atoms. The van der Waals surface area contributed by atoms with Crippen LogP contribution in [-0.4, -0.2) is 21.8 Å². The molecule has 2 heterocycles. The second-order valence-corrected chi connectivity index (χ2v) is 6.76. The van der Waals surface area contributed by atoms with Crippen LogP contribution < -0.4 is 5.43 Å². The van der Waals surface area contributed by atoms with Crippen LogP contribution in [0.4, 0.5) is 0 Å². The van der Waals surface area contributed by atoms with Crippen molar-refractivity contribution in [2.45, 2.75) is 6.92 Å². The molecule has 5 nitrogen and oxygen atoms in total. The number of rotatable bonds is 4. The molecule has 6 heteroatoms. The number of nitrogens with zero attached hydrogens (tertiary/aromatic N) is 2. The number of hydrogen-bond donors (Lipinski definition) is 2. The Balaban J connectivity index is 1.58. The Labute approximate surface area is 154 Å². The van der Waals surface area contributed by atoms with Crippen LogP contribution in [0.15, 0.2) is 71.1 Å². The van der Waals surface area contributed by atoms with Crippen LogP contribution in [0.2, 0.25) is 0 Å². The lowest BCUT2D eigenvalue weighted by Gasteiger charge is -2.02. The Morgan fingerprint density at radius 2 is 1.96 bits per heavy atom. The van der Waals surface area contributed by atoms with Gasteiger partial charge in [-0.15, -0.1) is 11.3 Å². The number of amides is 1. The molecule has 4 aromatic rings. The number of carbonyl (C=O) groups is 1. The van der Waals surface area contributed by atoms with Gasteiger partial charge in [0.05, 0.1) is 11.4 Å². The Hall–Kier alpha value is -3.25. The van der Waals surface area contributed by atoms with Gasteiger partial charge in [-0.2, -0.15) is 10.2 Å². The van der Waals surface area contributed by atoms with Crippen molar-refractivity contribution in [3.05, 3.63) is 76.6 Å². The van der Waals surface area contributed by atoms with E-state index >= 15 is 0 Å². The third kappa shape index (κ3) is 3.14. The van der Waals surface area contributed by atoms with Gasteiger partial charge in [-0.05, 0) is 35.2 Å². The number of fused-ring (bicyclic) bond motifs is 1. The second kappa shape index (κ2) is 6.93. The van der Waals surface area contributed by atoms with Crippen molar-refractivity contribution in [2.75, 3.05) is 0 Å². The highest BCUT2D eigenvalue weighted by atomic mass is 32.1. The van der Waals surface area contributed by atoms with Crippen LogP contribution in [0, 0.1) is 0 Å². The molecule has 1 amide bonds. The molecule has 0 saturated heterocycles. The zero-order valence-corrected chi connectivity index (χ0v) is 14.9. The Morgan fingerprint density at radius 3 is 2.81 bits per heavy atom. The standard InChI is InChI=1S/C20H16N4OS/c1-13(19-10-5-11-26-19)21-24-20(25)18-12-17(22-23-18)16-9-4-7-14-6-2-3-8-15(14)16/h2-12H,1H3,(H,22,23)(H,24,25). The lowest BCUT2D eigenvalue weighted by Crippen LogP contribution is -2.19. The van der Waals surface area contributed by atoms with E-state index in [1.807, 2.05) is 54.8 Å². The quantitative estimate of drug-likeness (QED) is 0.417. The van der Waals surface area contributed by atoms with Gasteiger partial charge in [0.15, 0.2) is 0 Å². The molecule has 128 valence electrons. The molecule has 0 aliphatic rings. The topological polar surface area (TPSA) is 70.1 Å². The van der Waals surface area contributed by atoms with Gasteiger partial charge in [-0.3, -0.25) is 9.89 Å². The Bertz CT molecular complexity index is 1090. The summed E-state index contributed by atoms with van der Waals surface area (Å²) in [7, 11) is 0. The van der Waals surface area contributed by atoms with Gasteiger partial charge in [0, 0.05) is 10.4 Å². The lowest BCUT2D eigenvalue weighted by atomic mass is 10.0. The summed E-state index contributed by atoms with van der Waals surface area (Å²) in [5, 5.41) is 15.5. The van der Waals surface area contributed by atoms with Crippen molar-refractivity contribution in [1.82, 2.24) is 15.6 Å². The molecule has 0 spiro atoms. The number of H-pyrrole nitrogens is 1. The predicted molar refractivity (Wildman–Crippen MR) is 106 cm³/mol. The van der Waals surface area contributed by atoms with Gasteiger partial charge in [-0.1, -0.05) is 48.5 Å². The second-order valence-electron chi connectivity index (χ2n) is 5.81. The van der Waals surface area contributed by atoms with E-state index in [1.165, 1.54) is 0 Å². The average Bonchev–Trinajstić information content (AvgIpc) is 3.37. The minimum absolute atomic E-state index is 0.320. The molecule has 4 rings (SSSR count). The summed E-state index contributed by atoms with van der Waals surface area (Å²) < 4.78 is 0. The molecular weight excluding hydrogens is 344 g/mol. The maximum Gasteiger partial charge on any atom is 0.289 e. The summed E-state index contributed by atoms with van der Waals surface area (Å²) in [6, 6.07) is 19.8. The third-order valence-electron chi connectivity index (χ3n) is 4.09. The summed E-state index contributed by atoms with van der Waals surface area (Å²) in [5.74, 6) is -0.320. The number of nitrogens with one attached hydrogen (secondary N) is 2. The molecule has 0 saturated carbocycles. The van der Waals surface area contributed by atoms with Gasteiger partial charge < -0.3 is 0 Å². The average molecular weight is 360 g/mol. The van der Waals surface area contributed by atoms with E-state index in [0.717, 1.165) is 32.6 Å². The largest absolute Gasteiger partial charge is 0.289 e. The van der Waals surface area contributed by atoms with Crippen LogP contribution in [-0.2, 0) is 0 Å². The van der Waals surface area contributed by atoms with Gasteiger partial charge in [0.2, 0.25) is 0 Å². The summed E-state index contributed by atoms with van der Waals surface area (Å²) in [6.45, 7) is 1.86. The zero-order valence-electron chi connectivity index (χ0n) is 14.1. The van der Waals surface area contributed by atoms with Crippen molar-refractivity contribution in [2.24, 2.45) is 5.10 Å². The van der Waals surface area contributed by atoms with E-state index in [2.05, 4.69) is 32.9 Å². The molecule has 0 radical (unpaired) electrons. The first-order valence-electron chi connectivity index (χ1n) is 8.14. The van der Waals surface area contributed by atoms with Crippen LogP contribution in [0.5, 0.6) is 0 Å². The van der Waals surface area contributed by atoms with Crippen molar-refractivity contribution >= 4 is 33.7 Å². The fourth-order valence-electron chi connectivity index (χ4n) is 2.76. The van der Waals surface area contributed by atoms with E-state index < -0.39 is 0 Å². The molecular formula is C20H16N4OS. The number of hydrogen-bond acceptors (Lipinski definition) is 4. The maximum atomic E-state index is 12.3. The predicted octanol–water partition coefficient (Wildman–Crippen LogP) is 4.45. The number of aromatic nitrogens is 2. The minimum atomic E-state index is -0.320. The molecule has 0 aliphatic heterocycles. The Morgan fingerprint density at radius 1 is 1.12 bits per heavy atom. The first kappa shape index (κ1) is 16.2. The first-order chi connectivity index (χ1) is 12.7. The van der Waals surface area contributed by atoms with Gasteiger partial charge in [-0.25, -0.2) is 5.43 Å². The summed E-state index contributed by atoms with van der Waals surface area (Å²) in [5.41, 5.74) is 5.42. The summed E-state index contributed by atoms with van der Waals surface area (Å²) in [6.07, 6.45) is 0. The molecule has 0 aliphatic carbocycles. The fraction of sp³-hybridized carbons (Fsp3) is 0.0500. The van der Waals surface area contributed by atoms with E-state index in [4.69, 9.17) is 0 Å². The summed E-state index contributed by atoms with van der Waals surface area (Å²) in [4.78, 5) is 13.4. The highest BCUT2D eigenvalue weighted by molar-refractivity contribution is 7.12. The lowest BCUT2D eigenvalue weighted by molar-refractivity contribution is 0.0950. The number of hydrazone groups is 1. The monoisotopic (exact) mass is 360 g/mol. The first-order valence-corrected chi connectivity index (χ1v) is 9.02. The molecule has 2 aromatic heterocycles. The Kier molecular flexibility index (Phi) is 4.33. The smallest absolute Gasteiger partial charge is 0.272 e. The molecule has 0 fully saturated rings. The van der Waals surface area contributed by atoms with Crippen LogP contribution in [0.25, 0.3) is 22.0 Å². The SMILES string of the molecule is CC(=NNC(=O)c1cc(-c2cccc3ccccc23)n[nH]1)c1cccs1. The molecule has 26 heavy (non-hydrogen) atoms. The normalized spacial score (nSPS) is 11.7. The van der Waals surface area contributed by atoms with Gasteiger partial charge in [0.25, 0.3) is 5.91 Å². The van der Waals surface area contributed by atoms with Crippen molar-refractivity contribution in [3.8, 4) is 11.3 Å². The molecule has 0 unspecified atom stereocenters. The molecule has 0 atom stereocenters. The van der Waals surface area contributed by atoms with Gasteiger partial charge in [0.1, 0.15) is 5.69 Å². The zero-order chi connectivity index (χ0) is 17.9. The third-order valence-corrected chi connectivity index (χ3v) is 5.07. The van der Waals surface area contributed by atoms with E-state index in [9.17, 15) is 4.79 Å². The fourth-order valence-corrected chi connectivity index (χ4v) is 3.44.